The van der Waals surface area contributed by atoms with Gasteiger partial charge in [-0.2, -0.15) is 0 Å². The van der Waals surface area contributed by atoms with Crippen molar-refractivity contribution in [3.8, 4) is 11.6 Å². The van der Waals surface area contributed by atoms with Crippen LogP contribution in [0, 0.1) is 0 Å². The number of nitrogens with zero attached hydrogens (tertiary/aromatic N) is 1. The number of aromatic nitrogens is 1. The largest absolute Gasteiger partial charge is 0.497 e. The van der Waals surface area contributed by atoms with E-state index in [1.807, 2.05) is 24.3 Å². The predicted octanol–water partition coefficient (Wildman–Crippen LogP) is 3.01. The van der Waals surface area contributed by atoms with Gasteiger partial charge in [-0.25, -0.2) is 4.98 Å². The zero-order chi connectivity index (χ0) is 14.4. The topological polar surface area (TPSA) is 43.4 Å². The maximum Gasteiger partial charge on any atom is 0.221 e. The molecule has 1 heterocycles. The summed E-state index contributed by atoms with van der Waals surface area (Å²) in [5.74, 6) is 1.53. The molecule has 2 aromatic rings. The number of ether oxygens (including phenoxy) is 2. The number of methoxy groups -OCH3 is 1. The standard InChI is InChI=1S/C16H22N2O2/c1-12(2)17-8-4-10-20-16-15-6-5-14(19-3)11-13(15)7-9-18-16/h5-7,9,11-12,17H,4,8,10H2,1-3H3. The van der Waals surface area contributed by atoms with Gasteiger partial charge in [0, 0.05) is 17.6 Å². The lowest BCUT2D eigenvalue weighted by molar-refractivity contribution is 0.299. The Labute approximate surface area is 120 Å². The van der Waals surface area contributed by atoms with Crippen LogP contribution in [-0.4, -0.2) is 31.3 Å². The van der Waals surface area contributed by atoms with E-state index in [0.717, 1.165) is 29.5 Å². The molecule has 0 spiro atoms. The van der Waals surface area contributed by atoms with E-state index in [1.165, 1.54) is 0 Å². The van der Waals surface area contributed by atoms with Gasteiger partial charge in [0.15, 0.2) is 0 Å². The lowest BCUT2D eigenvalue weighted by Gasteiger charge is -2.10. The minimum absolute atomic E-state index is 0.512. The minimum atomic E-state index is 0.512. The Morgan fingerprint density at radius 1 is 1.25 bits per heavy atom. The van der Waals surface area contributed by atoms with Crippen molar-refractivity contribution in [1.29, 1.82) is 0 Å². The Morgan fingerprint density at radius 3 is 2.85 bits per heavy atom. The predicted molar refractivity (Wildman–Crippen MR) is 81.5 cm³/mol. The molecule has 0 aliphatic carbocycles. The molecule has 0 atom stereocenters. The van der Waals surface area contributed by atoms with Gasteiger partial charge in [-0.15, -0.1) is 0 Å². The molecule has 0 aliphatic heterocycles. The maximum absolute atomic E-state index is 5.78. The summed E-state index contributed by atoms with van der Waals surface area (Å²) < 4.78 is 11.0. The summed E-state index contributed by atoms with van der Waals surface area (Å²) >= 11 is 0. The molecule has 4 heteroatoms. The molecule has 1 N–H and O–H groups in total. The van der Waals surface area contributed by atoms with Gasteiger partial charge in [-0.3, -0.25) is 0 Å². The van der Waals surface area contributed by atoms with E-state index in [9.17, 15) is 0 Å². The van der Waals surface area contributed by atoms with Crippen molar-refractivity contribution < 1.29 is 9.47 Å². The van der Waals surface area contributed by atoms with Crippen LogP contribution in [0.2, 0.25) is 0 Å². The van der Waals surface area contributed by atoms with E-state index < -0.39 is 0 Å². The van der Waals surface area contributed by atoms with Gasteiger partial charge in [0.05, 0.1) is 13.7 Å². The summed E-state index contributed by atoms with van der Waals surface area (Å²) in [6.45, 7) is 5.90. The van der Waals surface area contributed by atoms with Crippen molar-refractivity contribution in [3.63, 3.8) is 0 Å². The van der Waals surface area contributed by atoms with Gasteiger partial charge < -0.3 is 14.8 Å². The van der Waals surface area contributed by atoms with E-state index in [0.29, 0.717) is 18.5 Å². The first kappa shape index (κ1) is 14.6. The molecule has 0 fully saturated rings. The van der Waals surface area contributed by atoms with Crippen molar-refractivity contribution >= 4 is 10.8 Å². The van der Waals surface area contributed by atoms with Crippen LogP contribution in [-0.2, 0) is 0 Å². The van der Waals surface area contributed by atoms with Gasteiger partial charge in [-0.05, 0) is 42.6 Å². The molecule has 4 nitrogen and oxygen atoms in total. The van der Waals surface area contributed by atoms with Crippen LogP contribution in [0.4, 0.5) is 0 Å². The van der Waals surface area contributed by atoms with E-state index in [-0.39, 0.29) is 0 Å². The Bertz CT molecular complexity index is 555. The van der Waals surface area contributed by atoms with E-state index in [1.54, 1.807) is 13.3 Å². The third-order valence-electron chi connectivity index (χ3n) is 3.05. The number of benzene rings is 1. The molecule has 0 radical (unpaired) electrons. The first-order valence-electron chi connectivity index (χ1n) is 6.99. The number of hydrogen-bond acceptors (Lipinski definition) is 4. The summed E-state index contributed by atoms with van der Waals surface area (Å²) in [4.78, 5) is 4.31. The second kappa shape index (κ2) is 7.10. The van der Waals surface area contributed by atoms with Crippen LogP contribution in [0.3, 0.4) is 0 Å². The van der Waals surface area contributed by atoms with Gasteiger partial charge in [0.2, 0.25) is 5.88 Å². The quantitative estimate of drug-likeness (QED) is 0.788. The molecule has 1 aromatic carbocycles. The molecular formula is C16H22N2O2. The van der Waals surface area contributed by atoms with Crippen LogP contribution in [0.15, 0.2) is 30.5 Å². The lowest BCUT2D eigenvalue weighted by Crippen LogP contribution is -2.24. The Morgan fingerprint density at radius 2 is 2.10 bits per heavy atom. The molecule has 0 amide bonds. The number of fused-ring (bicyclic) bond motifs is 1. The molecule has 0 saturated carbocycles. The fraction of sp³-hybridized carbons (Fsp3) is 0.438. The zero-order valence-electron chi connectivity index (χ0n) is 12.3. The van der Waals surface area contributed by atoms with Crippen LogP contribution in [0.25, 0.3) is 10.8 Å². The third kappa shape index (κ3) is 3.84. The smallest absolute Gasteiger partial charge is 0.221 e. The van der Waals surface area contributed by atoms with Crippen LogP contribution < -0.4 is 14.8 Å². The molecule has 0 saturated heterocycles. The summed E-state index contributed by atoms with van der Waals surface area (Å²) in [6, 6.07) is 8.38. The average Bonchev–Trinajstić information content (AvgIpc) is 2.46. The van der Waals surface area contributed by atoms with Crippen LogP contribution in [0.1, 0.15) is 20.3 Å². The molecule has 0 unspecified atom stereocenters. The van der Waals surface area contributed by atoms with E-state index in [4.69, 9.17) is 9.47 Å². The summed E-state index contributed by atoms with van der Waals surface area (Å²) in [6.07, 6.45) is 2.73. The maximum atomic E-state index is 5.78. The van der Waals surface area contributed by atoms with Crippen molar-refractivity contribution in [3.05, 3.63) is 30.5 Å². The second-order valence-corrected chi connectivity index (χ2v) is 5.01. The monoisotopic (exact) mass is 274 g/mol. The highest BCUT2D eigenvalue weighted by Gasteiger charge is 2.04. The Hall–Kier alpha value is -1.81. The third-order valence-corrected chi connectivity index (χ3v) is 3.05. The molecule has 20 heavy (non-hydrogen) atoms. The fourth-order valence-corrected chi connectivity index (χ4v) is 2.00. The van der Waals surface area contributed by atoms with Crippen molar-refractivity contribution in [2.24, 2.45) is 0 Å². The van der Waals surface area contributed by atoms with Crippen molar-refractivity contribution in [1.82, 2.24) is 10.3 Å². The van der Waals surface area contributed by atoms with Gasteiger partial charge in [-0.1, -0.05) is 13.8 Å². The van der Waals surface area contributed by atoms with Crippen molar-refractivity contribution in [2.45, 2.75) is 26.3 Å². The summed E-state index contributed by atoms with van der Waals surface area (Å²) in [7, 11) is 1.67. The highest BCUT2D eigenvalue weighted by Crippen LogP contribution is 2.26. The number of hydrogen-bond donors (Lipinski definition) is 1. The normalized spacial score (nSPS) is 11.0. The summed E-state index contributed by atoms with van der Waals surface area (Å²) in [5.41, 5.74) is 0. The molecule has 1 aromatic heterocycles. The number of rotatable bonds is 7. The zero-order valence-corrected chi connectivity index (χ0v) is 12.3. The SMILES string of the molecule is COc1ccc2c(OCCCNC(C)C)nccc2c1. The first-order chi connectivity index (χ1) is 9.70. The average molecular weight is 274 g/mol. The summed E-state index contributed by atoms with van der Waals surface area (Å²) in [5, 5.41) is 5.46. The molecular weight excluding hydrogens is 252 g/mol. The molecule has 0 aliphatic rings. The van der Waals surface area contributed by atoms with Gasteiger partial charge >= 0.3 is 0 Å². The van der Waals surface area contributed by atoms with Crippen LogP contribution in [0.5, 0.6) is 11.6 Å². The second-order valence-electron chi connectivity index (χ2n) is 5.01. The lowest BCUT2D eigenvalue weighted by atomic mass is 10.1. The Kier molecular flexibility index (Phi) is 5.18. The van der Waals surface area contributed by atoms with Crippen LogP contribution >= 0.6 is 0 Å². The Balaban J connectivity index is 1.99. The minimum Gasteiger partial charge on any atom is -0.497 e. The van der Waals surface area contributed by atoms with E-state index in [2.05, 4.69) is 24.1 Å². The molecule has 108 valence electrons. The van der Waals surface area contributed by atoms with E-state index >= 15 is 0 Å². The first-order valence-corrected chi connectivity index (χ1v) is 6.99. The van der Waals surface area contributed by atoms with Gasteiger partial charge in [0.25, 0.3) is 0 Å². The number of pyridine rings is 1. The van der Waals surface area contributed by atoms with Gasteiger partial charge in [0.1, 0.15) is 5.75 Å². The fourth-order valence-electron chi connectivity index (χ4n) is 2.00. The molecule has 0 bridgehead atoms. The molecule has 2 rings (SSSR count). The highest BCUT2D eigenvalue weighted by molar-refractivity contribution is 5.87. The highest BCUT2D eigenvalue weighted by atomic mass is 16.5. The number of nitrogens with one attached hydrogen (secondary N) is 1. The van der Waals surface area contributed by atoms with Crippen molar-refractivity contribution in [2.75, 3.05) is 20.3 Å².